The van der Waals surface area contributed by atoms with Crippen molar-refractivity contribution in [3.63, 3.8) is 0 Å². The first-order valence-corrected chi connectivity index (χ1v) is 32.6. The molecule has 0 aliphatic heterocycles. The van der Waals surface area contributed by atoms with Crippen molar-refractivity contribution in [2.45, 2.75) is 271 Å². The van der Waals surface area contributed by atoms with Crippen LogP contribution in [0.2, 0.25) is 0 Å². The van der Waals surface area contributed by atoms with Crippen molar-refractivity contribution < 1.29 is 28.6 Å². The SMILES string of the molecule is CC/C=C\C/C=C\C/C=C\C/C=C\C/C=C\C/C=C\C/C=C\C/C=C\C/C=C\CCCC(=O)OCC(COC(=O)CC/C=C\C/C=C\C/C=C\C/C=C\CC)OC(=O)CCCCCCCCCCC/C=C\CCCCCCCCCC. The molecule has 0 aromatic rings. The van der Waals surface area contributed by atoms with Gasteiger partial charge in [-0.05, 0) is 135 Å². The molecule has 0 fully saturated rings. The molecule has 0 bridgehead atoms. The highest BCUT2D eigenvalue weighted by Crippen LogP contribution is 2.14. The van der Waals surface area contributed by atoms with E-state index in [1.165, 1.54) is 103 Å². The summed E-state index contributed by atoms with van der Waals surface area (Å²) in [7, 11) is 0. The lowest BCUT2D eigenvalue weighted by molar-refractivity contribution is -0.166. The van der Waals surface area contributed by atoms with E-state index in [4.69, 9.17) is 14.2 Å². The molecule has 0 aromatic carbocycles. The molecule has 81 heavy (non-hydrogen) atoms. The van der Waals surface area contributed by atoms with E-state index in [9.17, 15) is 14.4 Å². The van der Waals surface area contributed by atoms with Gasteiger partial charge in [0, 0.05) is 19.3 Å². The number of rotatable bonds is 57. The van der Waals surface area contributed by atoms with Crippen molar-refractivity contribution >= 4 is 17.9 Å². The van der Waals surface area contributed by atoms with Crippen LogP contribution in [0.5, 0.6) is 0 Å². The minimum atomic E-state index is -0.841. The van der Waals surface area contributed by atoms with Crippen LogP contribution in [-0.4, -0.2) is 37.2 Å². The average molecular weight is 1120 g/mol. The molecule has 0 rings (SSSR count). The topological polar surface area (TPSA) is 78.9 Å². The highest BCUT2D eigenvalue weighted by atomic mass is 16.6. The van der Waals surface area contributed by atoms with Crippen molar-refractivity contribution in [3.05, 3.63) is 170 Å². The Morgan fingerprint density at radius 3 is 0.877 bits per heavy atom. The molecule has 0 aliphatic rings. The van der Waals surface area contributed by atoms with Gasteiger partial charge in [0.2, 0.25) is 0 Å². The Labute approximate surface area is 498 Å². The second-order valence-electron chi connectivity index (χ2n) is 20.9. The first-order valence-electron chi connectivity index (χ1n) is 32.6. The van der Waals surface area contributed by atoms with Crippen LogP contribution in [-0.2, 0) is 28.6 Å². The van der Waals surface area contributed by atoms with Crippen molar-refractivity contribution in [2.24, 2.45) is 0 Å². The second kappa shape index (κ2) is 67.3. The third-order valence-electron chi connectivity index (χ3n) is 13.2. The molecule has 1 atom stereocenters. The Balaban J connectivity index is 4.49. The smallest absolute Gasteiger partial charge is 0.306 e. The monoisotopic (exact) mass is 1110 g/mol. The molecule has 0 N–H and O–H groups in total. The van der Waals surface area contributed by atoms with E-state index in [2.05, 4.69) is 179 Å². The second-order valence-corrected chi connectivity index (χ2v) is 20.9. The van der Waals surface area contributed by atoms with Crippen LogP contribution in [0.3, 0.4) is 0 Å². The van der Waals surface area contributed by atoms with E-state index < -0.39 is 6.10 Å². The predicted molar refractivity (Wildman–Crippen MR) is 352 cm³/mol. The standard InChI is InChI=1S/C75H118O6/c1-4-7-10-13-16-19-22-25-27-29-31-33-34-35-36-37-38-39-40-42-43-45-47-50-53-56-59-62-65-68-74(77)80-71-72(70-79-73(76)67-64-61-58-55-52-49-24-21-18-15-12-9-6-3)81-75(78)69-66-63-60-57-54-51-48-46-44-41-32-30-28-26-23-20-17-14-11-8-5-2/h7,9-10,12,16,18-19,21,25,27,30-33,35-36,38-39,42-43,47,49-50,52,56,58-59,61,72H,4-6,8,11,13-15,17,20,22-24,26,28-29,34,37,40-41,44-46,48,51,53-55,57,60,62-71H2,1-3H3/b10-7-,12-9-,19-16-,21-18-,27-25-,32-30-,33-31-,36-35-,39-38-,43-42-,50-47-,52-49-,59-56-,61-58-. The first kappa shape index (κ1) is 75.8. The van der Waals surface area contributed by atoms with Gasteiger partial charge in [-0.25, -0.2) is 0 Å². The summed E-state index contributed by atoms with van der Waals surface area (Å²) in [5, 5.41) is 0. The zero-order chi connectivity index (χ0) is 58.5. The van der Waals surface area contributed by atoms with E-state index in [1.807, 2.05) is 12.2 Å². The van der Waals surface area contributed by atoms with Gasteiger partial charge in [0.25, 0.3) is 0 Å². The van der Waals surface area contributed by atoms with Gasteiger partial charge < -0.3 is 14.2 Å². The summed E-state index contributed by atoms with van der Waals surface area (Å²) in [4.78, 5) is 38.2. The van der Waals surface area contributed by atoms with Crippen LogP contribution in [0.1, 0.15) is 265 Å². The maximum atomic E-state index is 12.9. The van der Waals surface area contributed by atoms with Gasteiger partial charge in [-0.3, -0.25) is 14.4 Å². The molecule has 0 amide bonds. The zero-order valence-corrected chi connectivity index (χ0v) is 52.0. The van der Waals surface area contributed by atoms with Crippen molar-refractivity contribution in [3.8, 4) is 0 Å². The number of esters is 3. The Bertz CT molecular complexity index is 1860. The molecule has 0 saturated heterocycles. The number of allylic oxidation sites excluding steroid dienone is 28. The van der Waals surface area contributed by atoms with Crippen molar-refractivity contribution in [2.75, 3.05) is 13.2 Å². The fraction of sp³-hybridized carbons (Fsp3) is 0.587. The Hall–Kier alpha value is -5.23. The van der Waals surface area contributed by atoms with Crippen LogP contribution >= 0.6 is 0 Å². The van der Waals surface area contributed by atoms with Crippen molar-refractivity contribution in [1.29, 1.82) is 0 Å². The fourth-order valence-electron chi connectivity index (χ4n) is 8.39. The summed E-state index contributed by atoms with van der Waals surface area (Å²) in [5.41, 5.74) is 0. The quantitative estimate of drug-likeness (QED) is 0.0261. The Morgan fingerprint density at radius 2 is 0.519 bits per heavy atom. The lowest BCUT2D eigenvalue weighted by atomic mass is 10.1. The van der Waals surface area contributed by atoms with E-state index in [-0.39, 0.29) is 44.0 Å². The fourth-order valence-corrected chi connectivity index (χ4v) is 8.39. The summed E-state index contributed by atoms with van der Waals surface area (Å²) in [6, 6.07) is 0. The molecule has 1 unspecified atom stereocenters. The number of carbonyl (C=O) groups is 3. The lowest BCUT2D eigenvalue weighted by Crippen LogP contribution is -2.30. The zero-order valence-electron chi connectivity index (χ0n) is 52.0. The lowest BCUT2D eigenvalue weighted by Gasteiger charge is -2.18. The number of unbranched alkanes of at least 4 members (excludes halogenated alkanes) is 18. The normalized spacial score (nSPS) is 13.3. The summed E-state index contributed by atoms with van der Waals surface area (Å²) in [6.07, 6.45) is 99.6. The number of ether oxygens (including phenoxy) is 3. The van der Waals surface area contributed by atoms with Gasteiger partial charge in [0.15, 0.2) is 6.10 Å². The maximum Gasteiger partial charge on any atom is 0.306 e. The van der Waals surface area contributed by atoms with Gasteiger partial charge in [-0.2, -0.15) is 0 Å². The number of carbonyl (C=O) groups excluding carboxylic acids is 3. The van der Waals surface area contributed by atoms with Crippen molar-refractivity contribution in [1.82, 2.24) is 0 Å². The molecule has 0 radical (unpaired) electrons. The third-order valence-corrected chi connectivity index (χ3v) is 13.2. The third kappa shape index (κ3) is 65.5. The largest absolute Gasteiger partial charge is 0.462 e. The van der Waals surface area contributed by atoms with Crippen LogP contribution in [0, 0.1) is 0 Å². The van der Waals surface area contributed by atoms with Gasteiger partial charge in [-0.1, -0.05) is 281 Å². The molecule has 0 aromatic heterocycles. The average Bonchev–Trinajstić information content (AvgIpc) is 3.46. The van der Waals surface area contributed by atoms with Crippen LogP contribution < -0.4 is 0 Å². The van der Waals surface area contributed by atoms with Crippen LogP contribution in [0.4, 0.5) is 0 Å². The van der Waals surface area contributed by atoms with Gasteiger partial charge in [0.05, 0.1) is 0 Å². The van der Waals surface area contributed by atoms with Gasteiger partial charge in [0.1, 0.15) is 13.2 Å². The van der Waals surface area contributed by atoms with Gasteiger partial charge in [-0.15, -0.1) is 0 Å². The van der Waals surface area contributed by atoms with Crippen LogP contribution in [0.25, 0.3) is 0 Å². The molecule has 6 heteroatoms. The highest BCUT2D eigenvalue weighted by molar-refractivity contribution is 5.71. The minimum Gasteiger partial charge on any atom is -0.462 e. The summed E-state index contributed by atoms with van der Waals surface area (Å²) in [5.74, 6) is -1.08. The molecule has 0 spiro atoms. The summed E-state index contributed by atoms with van der Waals surface area (Å²) >= 11 is 0. The van der Waals surface area contributed by atoms with Crippen LogP contribution in [0.15, 0.2) is 170 Å². The molecule has 0 saturated carbocycles. The molecular weight excluding hydrogens is 997 g/mol. The first-order chi connectivity index (χ1) is 40.0. The molecule has 0 heterocycles. The predicted octanol–water partition coefficient (Wildman–Crippen LogP) is 22.7. The van der Waals surface area contributed by atoms with E-state index in [0.717, 1.165) is 109 Å². The van der Waals surface area contributed by atoms with E-state index in [1.54, 1.807) is 0 Å². The minimum absolute atomic E-state index is 0.138. The molecule has 0 aliphatic carbocycles. The summed E-state index contributed by atoms with van der Waals surface area (Å²) in [6.45, 7) is 6.29. The van der Waals surface area contributed by atoms with E-state index >= 15 is 0 Å². The molecular formula is C75H118O6. The number of hydrogen-bond donors (Lipinski definition) is 0. The highest BCUT2D eigenvalue weighted by Gasteiger charge is 2.19. The maximum absolute atomic E-state index is 12.9. The Kier molecular flexibility index (Phi) is 62.9. The summed E-state index contributed by atoms with van der Waals surface area (Å²) < 4.78 is 16.8. The molecule has 454 valence electrons. The van der Waals surface area contributed by atoms with Gasteiger partial charge >= 0.3 is 17.9 Å². The van der Waals surface area contributed by atoms with E-state index in [0.29, 0.717) is 19.3 Å². The Morgan fingerprint density at radius 1 is 0.259 bits per heavy atom. The molecule has 6 nitrogen and oxygen atoms in total. The number of hydrogen-bond acceptors (Lipinski definition) is 6.